The molecular formula is C63H81Cl2N9O9. The molecule has 0 radical (unpaired) electrons. The van der Waals surface area contributed by atoms with E-state index in [-0.39, 0.29) is 70.0 Å². The maximum atomic E-state index is 15.8. The first-order valence-electron chi connectivity index (χ1n) is 28.5. The van der Waals surface area contributed by atoms with Crippen LogP contribution >= 0.6 is 23.2 Å². The lowest BCUT2D eigenvalue weighted by molar-refractivity contribution is -0.148. The Balaban J connectivity index is 1.33. The van der Waals surface area contributed by atoms with Gasteiger partial charge >= 0.3 is 6.09 Å². The van der Waals surface area contributed by atoms with E-state index in [1.807, 2.05) is 98.6 Å². The number of nitrogens with one attached hydrogen (secondary N) is 3. The topological polar surface area (TPSA) is 197 Å². The van der Waals surface area contributed by atoms with Gasteiger partial charge in [0.1, 0.15) is 35.0 Å². The number of methoxy groups -OCH3 is 1. The number of likely N-dealkylation sites (N-methyl/N-ethyl adjacent to an activating group) is 2. The minimum absolute atomic E-state index is 0.0209. The molecule has 2 fully saturated rings. The highest BCUT2D eigenvalue weighted by Crippen LogP contribution is 2.34. The molecule has 5 aromatic rings. The fraction of sp³-hybridized carbons (Fsp3) is 0.476. The first-order valence-corrected chi connectivity index (χ1v) is 29.2. The van der Waals surface area contributed by atoms with Crippen LogP contribution in [0, 0.1) is 5.92 Å². The second-order valence-electron chi connectivity index (χ2n) is 23.1. The molecule has 83 heavy (non-hydrogen) atoms. The number of fused-ring (bicyclic) bond motifs is 1. The fourth-order valence-corrected chi connectivity index (χ4v) is 11.2. The Kier molecular flexibility index (Phi) is 22.6. The van der Waals surface area contributed by atoms with E-state index in [4.69, 9.17) is 37.4 Å². The SMILES string of the molecule is COC[C@@H]1NC(=O)[C@H](CCCNC(=O)OC(C)(C)C)N(Cc2ccc(Cl)cc2Oc2ccc(-c3cnc(CN(C)C)n3C)cc2)C(=O)C[C@@H](Cc2ccccc2)C(=O)N(C)[C@H]2CCCC[C@@H]2NC(=O)C[C@H](Cc2ccc(Cl)cc2)N(C)C1=O. The van der Waals surface area contributed by atoms with Gasteiger partial charge in [-0.05, 0) is 133 Å². The number of carbonyl (C=O) groups is 6. The van der Waals surface area contributed by atoms with Gasteiger partial charge in [-0.3, -0.25) is 24.0 Å². The van der Waals surface area contributed by atoms with Crippen LogP contribution in [0.4, 0.5) is 4.79 Å². The van der Waals surface area contributed by atoms with Gasteiger partial charge < -0.3 is 54.3 Å². The smallest absolute Gasteiger partial charge is 0.407 e. The van der Waals surface area contributed by atoms with Crippen LogP contribution in [0.25, 0.3) is 11.3 Å². The summed E-state index contributed by atoms with van der Waals surface area (Å²) in [5, 5.41) is 9.87. The normalized spacial score (nSPS) is 20.8. The molecule has 1 saturated heterocycles. The summed E-state index contributed by atoms with van der Waals surface area (Å²) >= 11 is 13.0. The van der Waals surface area contributed by atoms with Crippen LogP contribution in [0.1, 0.15) is 94.7 Å². The molecule has 1 aliphatic heterocycles. The van der Waals surface area contributed by atoms with Crippen LogP contribution in [0.2, 0.25) is 10.0 Å². The van der Waals surface area contributed by atoms with Crippen molar-refractivity contribution in [2.75, 3.05) is 48.5 Å². The van der Waals surface area contributed by atoms with Gasteiger partial charge in [0.15, 0.2) is 0 Å². The summed E-state index contributed by atoms with van der Waals surface area (Å²) in [6, 6.07) is 25.1. The van der Waals surface area contributed by atoms with Crippen molar-refractivity contribution in [3.63, 3.8) is 0 Å². The van der Waals surface area contributed by atoms with E-state index in [1.54, 1.807) is 70.1 Å². The lowest BCUT2D eigenvalue weighted by Gasteiger charge is -2.40. The Morgan fingerprint density at radius 1 is 0.807 bits per heavy atom. The summed E-state index contributed by atoms with van der Waals surface area (Å²) in [6.07, 6.45) is 4.23. The summed E-state index contributed by atoms with van der Waals surface area (Å²) in [5.41, 5.74) is 3.18. The maximum Gasteiger partial charge on any atom is 0.407 e. The number of nitrogens with zero attached hydrogens (tertiary/aromatic N) is 6. The van der Waals surface area contributed by atoms with Crippen LogP contribution in [0.15, 0.2) is 103 Å². The molecule has 0 spiro atoms. The van der Waals surface area contributed by atoms with Gasteiger partial charge in [-0.2, -0.15) is 0 Å². The standard InChI is InChI=1S/C63H81Cl2N9O9/c1-63(2,3)83-62(80)66-31-15-20-53-59(77)69-51(40-81-9)61(79)71(6)48(33-42-21-26-46(64)27-22-42)36-57(75)68-50-18-13-14-19-52(50)73(8)60(78)45(32-41-16-11-10-12-17-41)34-58(76)74(53)38-44-23-28-47(65)35-55(44)82-49-29-24-43(25-30-49)54-37-67-56(72(54)7)39-70(4)5/h10-12,16-17,21-30,35,37,45,48,50-53H,13-15,18-20,31-34,36,38-40H2,1-9H3,(H,66,80)(H,68,75)(H,69,77)/t45-,48+,50+,51+,52+,53+/m1/s1. The molecule has 1 aliphatic carbocycles. The third kappa shape index (κ3) is 18.0. The minimum Gasteiger partial charge on any atom is -0.457 e. The number of aromatic nitrogens is 2. The first kappa shape index (κ1) is 63.6. The van der Waals surface area contributed by atoms with Gasteiger partial charge in [0.25, 0.3) is 0 Å². The molecule has 1 saturated carbocycles. The predicted octanol–water partition coefficient (Wildman–Crippen LogP) is 8.99. The number of carbonyl (C=O) groups excluding carboxylic acids is 6. The molecule has 6 amide bonds. The fourth-order valence-electron chi connectivity index (χ4n) is 10.9. The van der Waals surface area contributed by atoms with Crippen LogP contribution in [0.3, 0.4) is 0 Å². The second-order valence-corrected chi connectivity index (χ2v) is 23.9. The van der Waals surface area contributed by atoms with Crippen molar-refractivity contribution in [2.45, 2.75) is 134 Å². The van der Waals surface area contributed by atoms with E-state index in [2.05, 4.69) is 25.8 Å². The molecule has 2 aliphatic rings. The van der Waals surface area contributed by atoms with Crippen molar-refractivity contribution >= 4 is 58.8 Å². The number of ether oxygens (including phenoxy) is 3. The Labute approximate surface area is 498 Å². The quantitative estimate of drug-likeness (QED) is 0.0752. The summed E-state index contributed by atoms with van der Waals surface area (Å²) in [7, 11) is 10.7. The maximum absolute atomic E-state index is 15.8. The van der Waals surface area contributed by atoms with Crippen LogP contribution < -0.4 is 20.7 Å². The molecular weight excluding hydrogens is 1100 g/mol. The summed E-state index contributed by atoms with van der Waals surface area (Å²) in [5.74, 6) is -1.60. The van der Waals surface area contributed by atoms with E-state index in [0.29, 0.717) is 46.5 Å². The molecule has 0 bridgehead atoms. The Hall–Kier alpha value is -6.99. The van der Waals surface area contributed by atoms with Crippen LogP contribution in [-0.4, -0.2) is 149 Å². The molecule has 7 rings (SSSR count). The molecule has 446 valence electrons. The van der Waals surface area contributed by atoms with Crippen molar-refractivity contribution in [1.29, 1.82) is 0 Å². The van der Waals surface area contributed by atoms with Crippen LogP contribution in [-0.2, 0) is 66.4 Å². The summed E-state index contributed by atoms with van der Waals surface area (Å²) in [6.45, 7) is 5.51. The third-order valence-electron chi connectivity index (χ3n) is 15.3. The summed E-state index contributed by atoms with van der Waals surface area (Å²) < 4.78 is 19.8. The van der Waals surface area contributed by atoms with Gasteiger partial charge in [0, 0.05) is 80.9 Å². The zero-order valence-corrected chi connectivity index (χ0v) is 50.8. The summed E-state index contributed by atoms with van der Waals surface area (Å²) in [4.78, 5) is 100. The van der Waals surface area contributed by atoms with Gasteiger partial charge in [-0.15, -0.1) is 0 Å². The van der Waals surface area contributed by atoms with Crippen molar-refractivity contribution in [3.05, 3.63) is 136 Å². The Morgan fingerprint density at radius 3 is 2.18 bits per heavy atom. The molecule has 20 heteroatoms. The van der Waals surface area contributed by atoms with Gasteiger partial charge in [0.05, 0.1) is 43.5 Å². The number of rotatable bonds is 17. The number of halogens is 2. The van der Waals surface area contributed by atoms with Crippen LogP contribution in [0.5, 0.6) is 11.5 Å². The Morgan fingerprint density at radius 2 is 1.49 bits per heavy atom. The number of benzene rings is 4. The number of imidazole rings is 1. The van der Waals surface area contributed by atoms with E-state index in [9.17, 15) is 9.59 Å². The Bertz CT molecular complexity index is 3010. The number of alkyl carbamates (subject to hydrolysis) is 1. The van der Waals surface area contributed by atoms with Crippen molar-refractivity contribution in [2.24, 2.45) is 13.0 Å². The van der Waals surface area contributed by atoms with Gasteiger partial charge in [0.2, 0.25) is 29.5 Å². The molecule has 4 aromatic carbocycles. The zero-order valence-electron chi connectivity index (χ0n) is 49.3. The molecule has 2 heterocycles. The minimum atomic E-state index is -1.32. The highest BCUT2D eigenvalue weighted by Gasteiger charge is 2.40. The van der Waals surface area contributed by atoms with Gasteiger partial charge in [-0.1, -0.05) is 84.6 Å². The average molecular weight is 1180 g/mol. The zero-order chi connectivity index (χ0) is 60.0. The number of hydrogen-bond acceptors (Lipinski definition) is 11. The highest BCUT2D eigenvalue weighted by atomic mass is 35.5. The average Bonchev–Trinajstić information content (AvgIpc) is 4.03. The van der Waals surface area contributed by atoms with Crippen molar-refractivity contribution < 1.29 is 43.0 Å². The highest BCUT2D eigenvalue weighted by molar-refractivity contribution is 6.31. The molecule has 18 nitrogen and oxygen atoms in total. The molecule has 3 N–H and O–H groups in total. The van der Waals surface area contributed by atoms with Gasteiger partial charge in [-0.25, -0.2) is 9.78 Å². The first-order chi connectivity index (χ1) is 39.6. The van der Waals surface area contributed by atoms with E-state index < -0.39 is 65.5 Å². The number of hydrogen-bond donors (Lipinski definition) is 3. The van der Waals surface area contributed by atoms with E-state index in [0.717, 1.165) is 41.1 Å². The second kappa shape index (κ2) is 29.5. The van der Waals surface area contributed by atoms with Crippen molar-refractivity contribution in [3.8, 4) is 22.8 Å². The molecule has 1 aromatic heterocycles. The monoisotopic (exact) mass is 1180 g/mol. The molecule has 6 atom stereocenters. The van der Waals surface area contributed by atoms with E-state index in [1.165, 1.54) is 16.9 Å². The largest absolute Gasteiger partial charge is 0.457 e. The lowest BCUT2D eigenvalue weighted by atomic mass is 9.87. The number of amides is 6. The van der Waals surface area contributed by atoms with Crippen molar-refractivity contribution in [1.82, 2.24) is 45.1 Å². The third-order valence-corrected chi connectivity index (χ3v) is 15.8. The predicted molar refractivity (Wildman–Crippen MR) is 321 cm³/mol. The van der Waals surface area contributed by atoms with E-state index >= 15 is 19.2 Å². The molecule has 0 unspecified atom stereocenters. The lowest BCUT2D eigenvalue weighted by Crippen LogP contribution is -2.59.